The van der Waals surface area contributed by atoms with Crippen molar-refractivity contribution in [2.45, 2.75) is 201 Å². The van der Waals surface area contributed by atoms with Gasteiger partial charge in [0, 0.05) is 6.42 Å². The molecule has 0 aromatic rings. The van der Waals surface area contributed by atoms with Crippen molar-refractivity contribution < 1.29 is 14.3 Å². The van der Waals surface area contributed by atoms with E-state index in [9.17, 15) is 9.59 Å². The molecule has 1 N–H and O–H groups in total. The van der Waals surface area contributed by atoms with Crippen LogP contribution in [0, 0.1) is 5.92 Å². The fraction of sp³-hybridized carbons (Fsp3) is 0.943. The van der Waals surface area contributed by atoms with Crippen molar-refractivity contribution in [3.8, 4) is 0 Å². The second-order valence-corrected chi connectivity index (χ2v) is 12.2. The fourth-order valence-corrected chi connectivity index (χ4v) is 5.39. The van der Waals surface area contributed by atoms with Gasteiger partial charge in [0.15, 0.2) is 0 Å². The smallest absolute Gasteiger partial charge is 0.328 e. The minimum absolute atomic E-state index is 0.0232. The van der Waals surface area contributed by atoms with Crippen molar-refractivity contribution in [1.29, 1.82) is 0 Å². The van der Waals surface area contributed by atoms with Gasteiger partial charge in [0.1, 0.15) is 6.04 Å². The molecule has 232 valence electrons. The normalized spacial score (nSPS) is 12.8. The molecule has 4 heteroatoms. The van der Waals surface area contributed by atoms with E-state index in [-0.39, 0.29) is 11.9 Å². The summed E-state index contributed by atoms with van der Waals surface area (Å²) in [5.41, 5.74) is 0. The zero-order valence-corrected chi connectivity index (χ0v) is 27.0. The van der Waals surface area contributed by atoms with Crippen molar-refractivity contribution in [3.63, 3.8) is 0 Å². The van der Waals surface area contributed by atoms with Crippen LogP contribution in [0.25, 0.3) is 0 Å². The minimum atomic E-state index is -0.561. The van der Waals surface area contributed by atoms with E-state index in [4.69, 9.17) is 4.74 Å². The van der Waals surface area contributed by atoms with E-state index in [0.717, 1.165) is 25.7 Å². The Balaban J connectivity index is 4.18. The van der Waals surface area contributed by atoms with Crippen molar-refractivity contribution in [2.75, 3.05) is 6.61 Å². The second kappa shape index (κ2) is 29.9. The summed E-state index contributed by atoms with van der Waals surface area (Å²) in [6.07, 6.45) is 32.3. The molecule has 2 atom stereocenters. The third-order valence-electron chi connectivity index (χ3n) is 8.13. The molecule has 1 unspecified atom stereocenters. The Labute approximate surface area is 244 Å². The van der Waals surface area contributed by atoms with E-state index >= 15 is 0 Å². The third kappa shape index (κ3) is 26.9. The first-order valence-corrected chi connectivity index (χ1v) is 17.5. The SMILES string of the molecule is CCCCCCCCCCCC(=O)N[C@@H](C)C(=O)OCC(CCCCCCCC)CCCCCCCCCC. The molecule has 0 radical (unpaired) electrons. The Morgan fingerprint density at radius 3 is 1.31 bits per heavy atom. The standard InChI is InChI=1S/C35H69NO3/c1-5-8-11-14-17-19-21-24-27-30-34(37)36-32(4)35(38)39-31-33(28-25-22-16-13-10-7-3)29-26-23-20-18-15-12-9-6-2/h32-33H,5-31H2,1-4H3,(H,36,37)/t32-,33?/m0/s1. The van der Waals surface area contributed by atoms with E-state index in [0.29, 0.717) is 18.9 Å². The molecule has 39 heavy (non-hydrogen) atoms. The molecular weight excluding hydrogens is 482 g/mol. The summed E-state index contributed by atoms with van der Waals surface area (Å²) >= 11 is 0. The molecule has 0 rings (SSSR count). The van der Waals surface area contributed by atoms with Gasteiger partial charge in [0.25, 0.3) is 0 Å². The van der Waals surface area contributed by atoms with Crippen LogP contribution in [0.15, 0.2) is 0 Å². The molecule has 0 heterocycles. The van der Waals surface area contributed by atoms with E-state index in [1.165, 1.54) is 135 Å². The number of unbranched alkanes of at least 4 members (excludes halogenated alkanes) is 20. The number of ether oxygens (including phenoxy) is 1. The molecule has 0 saturated carbocycles. The first kappa shape index (κ1) is 37.9. The maximum Gasteiger partial charge on any atom is 0.328 e. The molecular formula is C35H69NO3. The van der Waals surface area contributed by atoms with Gasteiger partial charge in [-0.05, 0) is 32.1 Å². The number of carbonyl (C=O) groups is 2. The summed E-state index contributed by atoms with van der Waals surface area (Å²) in [5, 5.41) is 2.87. The summed E-state index contributed by atoms with van der Waals surface area (Å²) in [7, 11) is 0. The van der Waals surface area contributed by atoms with Crippen molar-refractivity contribution in [3.05, 3.63) is 0 Å². The van der Waals surface area contributed by atoms with E-state index in [2.05, 4.69) is 26.1 Å². The molecule has 0 saturated heterocycles. The zero-order valence-electron chi connectivity index (χ0n) is 27.0. The molecule has 4 nitrogen and oxygen atoms in total. The largest absolute Gasteiger partial charge is 0.464 e. The lowest BCUT2D eigenvalue weighted by Gasteiger charge is -2.19. The lowest BCUT2D eigenvalue weighted by atomic mass is 9.94. The number of amides is 1. The Kier molecular flexibility index (Phi) is 29.1. The lowest BCUT2D eigenvalue weighted by molar-refractivity contribution is -0.148. The van der Waals surface area contributed by atoms with Crippen LogP contribution in [0.2, 0.25) is 0 Å². The molecule has 0 aliphatic heterocycles. The van der Waals surface area contributed by atoms with Gasteiger partial charge in [-0.15, -0.1) is 0 Å². The minimum Gasteiger partial charge on any atom is -0.464 e. The molecule has 1 amide bonds. The van der Waals surface area contributed by atoms with Crippen LogP contribution in [-0.4, -0.2) is 24.5 Å². The second-order valence-electron chi connectivity index (χ2n) is 12.2. The molecule has 0 aliphatic rings. The summed E-state index contributed by atoms with van der Waals surface area (Å²) in [5.74, 6) is 0.148. The highest BCUT2D eigenvalue weighted by Crippen LogP contribution is 2.20. The van der Waals surface area contributed by atoms with Gasteiger partial charge in [0.05, 0.1) is 6.61 Å². The van der Waals surface area contributed by atoms with Crippen LogP contribution in [-0.2, 0) is 14.3 Å². The predicted octanol–water partition coefficient (Wildman–Crippen LogP) is 10.9. The van der Waals surface area contributed by atoms with Gasteiger partial charge in [-0.3, -0.25) is 4.79 Å². The quantitative estimate of drug-likeness (QED) is 0.0713. The predicted molar refractivity (Wildman–Crippen MR) is 169 cm³/mol. The monoisotopic (exact) mass is 552 g/mol. The average Bonchev–Trinajstić information content (AvgIpc) is 2.93. The van der Waals surface area contributed by atoms with Crippen LogP contribution in [0.5, 0.6) is 0 Å². The van der Waals surface area contributed by atoms with Crippen molar-refractivity contribution >= 4 is 11.9 Å². The van der Waals surface area contributed by atoms with Gasteiger partial charge >= 0.3 is 5.97 Å². The lowest BCUT2D eigenvalue weighted by Crippen LogP contribution is -2.40. The topological polar surface area (TPSA) is 55.4 Å². The maximum absolute atomic E-state index is 12.6. The van der Waals surface area contributed by atoms with Gasteiger partial charge in [-0.2, -0.15) is 0 Å². The number of hydrogen-bond acceptors (Lipinski definition) is 3. The Morgan fingerprint density at radius 2 is 0.897 bits per heavy atom. The number of carbonyl (C=O) groups excluding carboxylic acids is 2. The molecule has 0 aromatic heterocycles. The molecule has 0 fully saturated rings. The van der Waals surface area contributed by atoms with Gasteiger partial charge in [-0.1, -0.05) is 162 Å². The highest BCUT2D eigenvalue weighted by molar-refractivity contribution is 5.84. The maximum atomic E-state index is 12.6. The zero-order chi connectivity index (χ0) is 28.8. The van der Waals surface area contributed by atoms with E-state index in [1.54, 1.807) is 6.92 Å². The first-order chi connectivity index (χ1) is 19.0. The van der Waals surface area contributed by atoms with E-state index < -0.39 is 6.04 Å². The Bertz CT molecular complexity index is 536. The summed E-state index contributed by atoms with van der Waals surface area (Å²) in [6, 6.07) is -0.561. The highest BCUT2D eigenvalue weighted by atomic mass is 16.5. The van der Waals surface area contributed by atoms with Gasteiger partial charge in [0.2, 0.25) is 5.91 Å². The molecule has 0 aliphatic carbocycles. The summed E-state index contributed by atoms with van der Waals surface area (Å²) in [4.78, 5) is 24.9. The highest BCUT2D eigenvalue weighted by Gasteiger charge is 2.19. The van der Waals surface area contributed by atoms with E-state index in [1.807, 2.05) is 0 Å². The Morgan fingerprint density at radius 1 is 0.538 bits per heavy atom. The molecule has 0 bridgehead atoms. The Hall–Kier alpha value is -1.06. The van der Waals surface area contributed by atoms with Crippen LogP contribution in [0.1, 0.15) is 195 Å². The average molecular weight is 552 g/mol. The van der Waals surface area contributed by atoms with Gasteiger partial charge in [-0.25, -0.2) is 4.79 Å². The third-order valence-corrected chi connectivity index (χ3v) is 8.13. The van der Waals surface area contributed by atoms with Crippen LogP contribution < -0.4 is 5.32 Å². The van der Waals surface area contributed by atoms with Crippen molar-refractivity contribution in [2.24, 2.45) is 5.92 Å². The number of esters is 1. The van der Waals surface area contributed by atoms with Gasteiger partial charge < -0.3 is 10.1 Å². The van der Waals surface area contributed by atoms with Crippen molar-refractivity contribution in [1.82, 2.24) is 5.32 Å². The van der Waals surface area contributed by atoms with Crippen LogP contribution in [0.4, 0.5) is 0 Å². The fourth-order valence-electron chi connectivity index (χ4n) is 5.39. The summed E-state index contributed by atoms with van der Waals surface area (Å²) < 4.78 is 5.73. The van der Waals surface area contributed by atoms with Crippen LogP contribution >= 0.6 is 0 Å². The molecule has 0 aromatic carbocycles. The summed E-state index contributed by atoms with van der Waals surface area (Å²) in [6.45, 7) is 9.04. The number of hydrogen-bond donors (Lipinski definition) is 1. The molecule has 0 spiro atoms. The number of nitrogens with one attached hydrogen (secondary N) is 1. The number of rotatable bonds is 30. The van der Waals surface area contributed by atoms with Crippen LogP contribution in [0.3, 0.4) is 0 Å². The first-order valence-electron chi connectivity index (χ1n) is 17.5.